The summed E-state index contributed by atoms with van der Waals surface area (Å²) in [4.78, 5) is 0. The molecule has 0 amide bonds. The quantitative estimate of drug-likeness (QED) is 0.742. The molecular weight excluding hydrogens is 226 g/mol. The maximum atomic E-state index is 3.49. The Hall–Kier alpha value is -0.340. The lowest BCUT2D eigenvalue weighted by molar-refractivity contribution is 0.711. The third kappa shape index (κ3) is 2.12. The zero-order valence-electron chi connectivity index (χ0n) is 7.65. The van der Waals surface area contributed by atoms with Crippen molar-refractivity contribution in [1.82, 2.24) is 5.32 Å². The van der Waals surface area contributed by atoms with Crippen molar-refractivity contribution in [1.29, 1.82) is 0 Å². The van der Waals surface area contributed by atoms with Gasteiger partial charge in [-0.25, -0.2) is 0 Å². The topological polar surface area (TPSA) is 12.0 Å². The van der Waals surface area contributed by atoms with E-state index in [1.165, 1.54) is 29.5 Å². The second-order valence-electron chi connectivity index (χ2n) is 3.49. The van der Waals surface area contributed by atoms with E-state index in [4.69, 9.17) is 0 Å². The second-order valence-corrected chi connectivity index (χ2v) is 4.05. The Bertz CT molecular complexity index is 296. The number of fused-ring (bicyclic) bond motifs is 1. The van der Waals surface area contributed by atoms with Crippen molar-refractivity contribution in [3.05, 3.63) is 34.9 Å². The Morgan fingerprint density at radius 2 is 1.92 bits per heavy atom. The molecule has 1 N–H and O–H groups in total. The molecule has 0 fully saturated rings. The summed E-state index contributed by atoms with van der Waals surface area (Å²) in [5.41, 5.74) is 4.44. The van der Waals surface area contributed by atoms with Gasteiger partial charge in [0.25, 0.3) is 0 Å². The van der Waals surface area contributed by atoms with Crippen molar-refractivity contribution >= 4 is 15.9 Å². The summed E-state index contributed by atoms with van der Waals surface area (Å²) in [6, 6.07) is 6.83. The van der Waals surface area contributed by atoms with Crippen molar-refractivity contribution in [3.63, 3.8) is 0 Å². The molecule has 1 aliphatic rings. The summed E-state index contributed by atoms with van der Waals surface area (Å²) < 4.78 is 0. The fraction of sp³-hybridized carbons (Fsp3) is 0.455. The van der Waals surface area contributed by atoms with Crippen LogP contribution in [0.15, 0.2) is 18.2 Å². The van der Waals surface area contributed by atoms with Crippen LogP contribution in [0.2, 0.25) is 0 Å². The van der Waals surface area contributed by atoms with Crippen molar-refractivity contribution in [2.45, 2.75) is 18.2 Å². The Morgan fingerprint density at radius 1 is 1.15 bits per heavy atom. The van der Waals surface area contributed by atoms with E-state index in [-0.39, 0.29) is 0 Å². The molecule has 0 aromatic heterocycles. The highest BCUT2D eigenvalue weighted by Gasteiger charge is 2.06. The molecule has 1 aromatic rings. The maximum absolute atomic E-state index is 3.49. The molecule has 1 aliphatic heterocycles. The average molecular weight is 240 g/mol. The minimum absolute atomic E-state index is 0.966. The van der Waals surface area contributed by atoms with Crippen LogP contribution in [-0.4, -0.2) is 13.1 Å². The molecule has 13 heavy (non-hydrogen) atoms. The number of benzene rings is 1. The largest absolute Gasteiger partial charge is 0.316 e. The average Bonchev–Trinajstić information content (AvgIpc) is 2.41. The predicted molar refractivity (Wildman–Crippen MR) is 59.4 cm³/mol. The van der Waals surface area contributed by atoms with Crippen LogP contribution in [0.3, 0.4) is 0 Å². The lowest BCUT2D eigenvalue weighted by atomic mass is 10.0. The molecule has 2 heteroatoms. The second kappa shape index (κ2) is 4.25. The van der Waals surface area contributed by atoms with Gasteiger partial charge in [0.05, 0.1) is 0 Å². The van der Waals surface area contributed by atoms with Crippen molar-refractivity contribution in [3.8, 4) is 0 Å². The lowest BCUT2D eigenvalue weighted by Crippen LogP contribution is -2.16. The summed E-state index contributed by atoms with van der Waals surface area (Å²) in [7, 11) is 0. The van der Waals surface area contributed by atoms with Gasteiger partial charge in [-0.15, -0.1) is 0 Å². The van der Waals surface area contributed by atoms with E-state index < -0.39 is 0 Å². The first-order chi connectivity index (χ1) is 6.40. The van der Waals surface area contributed by atoms with Gasteiger partial charge in [-0.2, -0.15) is 0 Å². The Balaban J connectivity index is 2.32. The van der Waals surface area contributed by atoms with Crippen molar-refractivity contribution < 1.29 is 0 Å². The van der Waals surface area contributed by atoms with Crippen molar-refractivity contribution in [2.24, 2.45) is 0 Å². The van der Waals surface area contributed by atoms with Crippen molar-refractivity contribution in [2.75, 3.05) is 13.1 Å². The van der Waals surface area contributed by atoms with Gasteiger partial charge >= 0.3 is 0 Å². The maximum Gasteiger partial charge on any atom is 0.0283 e. The molecule has 1 aromatic carbocycles. The van der Waals surface area contributed by atoms with E-state index in [0.29, 0.717) is 0 Å². The third-order valence-electron chi connectivity index (χ3n) is 2.57. The monoisotopic (exact) mass is 239 g/mol. The van der Waals surface area contributed by atoms with E-state index in [9.17, 15) is 0 Å². The van der Waals surface area contributed by atoms with Gasteiger partial charge in [-0.3, -0.25) is 0 Å². The predicted octanol–water partition coefficient (Wildman–Crippen LogP) is 2.27. The molecule has 0 saturated carbocycles. The number of hydrogen-bond donors (Lipinski definition) is 1. The fourth-order valence-corrected chi connectivity index (χ4v) is 2.16. The van der Waals surface area contributed by atoms with Gasteiger partial charge in [0.2, 0.25) is 0 Å². The summed E-state index contributed by atoms with van der Waals surface area (Å²) in [5, 5.41) is 4.39. The van der Waals surface area contributed by atoms with Crippen LogP contribution in [0.4, 0.5) is 0 Å². The number of alkyl halides is 1. The van der Waals surface area contributed by atoms with Crippen LogP contribution in [0, 0.1) is 0 Å². The number of halogens is 1. The first-order valence-corrected chi connectivity index (χ1v) is 5.89. The van der Waals surface area contributed by atoms with E-state index >= 15 is 0 Å². The lowest BCUT2D eigenvalue weighted by Gasteiger charge is -2.06. The van der Waals surface area contributed by atoms with E-state index in [2.05, 4.69) is 39.4 Å². The number of rotatable bonds is 1. The molecule has 70 valence electrons. The summed E-state index contributed by atoms with van der Waals surface area (Å²) >= 11 is 3.49. The van der Waals surface area contributed by atoms with Gasteiger partial charge < -0.3 is 5.32 Å². The summed E-state index contributed by atoms with van der Waals surface area (Å²) in [6.07, 6.45) is 2.36. The molecule has 1 nitrogen and oxygen atoms in total. The standard InChI is InChI=1S/C11H14BrN/c12-8-9-1-2-10-3-5-13-6-4-11(10)7-9/h1-2,7,13H,3-6,8H2. The van der Waals surface area contributed by atoms with Gasteiger partial charge in [0, 0.05) is 5.33 Å². The minimum Gasteiger partial charge on any atom is -0.316 e. The number of nitrogens with one attached hydrogen (secondary N) is 1. The van der Waals surface area contributed by atoms with Crippen LogP contribution in [-0.2, 0) is 18.2 Å². The zero-order chi connectivity index (χ0) is 9.10. The van der Waals surface area contributed by atoms with Crippen LogP contribution < -0.4 is 5.32 Å². The highest BCUT2D eigenvalue weighted by molar-refractivity contribution is 9.08. The van der Waals surface area contributed by atoms with Crippen LogP contribution in [0.1, 0.15) is 16.7 Å². The molecule has 2 rings (SSSR count). The molecule has 0 unspecified atom stereocenters. The normalized spacial score (nSPS) is 16.4. The Morgan fingerprint density at radius 3 is 2.69 bits per heavy atom. The van der Waals surface area contributed by atoms with Gasteiger partial charge in [0.15, 0.2) is 0 Å². The molecular formula is C11H14BrN. The smallest absolute Gasteiger partial charge is 0.0283 e. The van der Waals surface area contributed by atoms with E-state index in [0.717, 1.165) is 18.4 Å². The minimum atomic E-state index is 0.966. The highest BCUT2D eigenvalue weighted by Crippen LogP contribution is 2.16. The first kappa shape index (κ1) is 9.22. The highest BCUT2D eigenvalue weighted by atomic mass is 79.9. The molecule has 0 saturated heterocycles. The zero-order valence-corrected chi connectivity index (χ0v) is 9.23. The van der Waals surface area contributed by atoms with Gasteiger partial charge in [0.1, 0.15) is 0 Å². The molecule has 1 heterocycles. The van der Waals surface area contributed by atoms with Crippen LogP contribution >= 0.6 is 15.9 Å². The van der Waals surface area contributed by atoms with Crippen LogP contribution in [0.5, 0.6) is 0 Å². The van der Waals surface area contributed by atoms with Crippen LogP contribution in [0.25, 0.3) is 0 Å². The summed E-state index contributed by atoms with van der Waals surface area (Å²) in [5.74, 6) is 0. The molecule has 0 radical (unpaired) electrons. The third-order valence-corrected chi connectivity index (χ3v) is 3.21. The first-order valence-electron chi connectivity index (χ1n) is 4.77. The molecule has 0 atom stereocenters. The summed E-state index contributed by atoms with van der Waals surface area (Å²) in [6.45, 7) is 2.25. The molecule has 0 aliphatic carbocycles. The molecule has 0 spiro atoms. The van der Waals surface area contributed by atoms with E-state index in [1.807, 2.05) is 0 Å². The number of hydrogen-bond acceptors (Lipinski definition) is 1. The SMILES string of the molecule is BrCc1ccc2c(c1)CCNCC2. The Kier molecular flexibility index (Phi) is 3.01. The Labute approximate surface area is 87.7 Å². The van der Waals surface area contributed by atoms with Gasteiger partial charge in [-0.05, 0) is 42.6 Å². The van der Waals surface area contributed by atoms with Gasteiger partial charge in [-0.1, -0.05) is 34.1 Å². The fourth-order valence-electron chi connectivity index (χ4n) is 1.81. The van der Waals surface area contributed by atoms with E-state index in [1.54, 1.807) is 0 Å². The molecule has 0 bridgehead atoms.